The van der Waals surface area contributed by atoms with Crippen LogP contribution < -0.4 is 0 Å². The highest BCUT2D eigenvalue weighted by molar-refractivity contribution is 8.68. The lowest BCUT2D eigenvalue weighted by Crippen LogP contribution is -2.05. The van der Waals surface area contributed by atoms with Crippen molar-refractivity contribution in [3.63, 3.8) is 0 Å². The first-order chi connectivity index (χ1) is 7.92. The number of rotatable bonds is 1. The molecular formula is C14H26S2. The number of fused-ring (bicyclic) bond motifs is 1. The van der Waals surface area contributed by atoms with E-state index in [4.69, 9.17) is 0 Å². The fourth-order valence-corrected chi connectivity index (χ4v) is 4.76. The third-order valence-electron chi connectivity index (χ3n) is 4.40. The molecule has 0 spiro atoms. The molecule has 0 bridgehead atoms. The zero-order valence-corrected chi connectivity index (χ0v) is 12.1. The third kappa shape index (κ3) is 4.18. The molecule has 0 heterocycles. The second kappa shape index (κ2) is 7.20. The zero-order chi connectivity index (χ0) is 11.2. The van der Waals surface area contributed by atoms with Crippen LogP contribution in [0.4, 0.5) is 0 Å². The molecule has 0 aromatic heterocycles. The lowest BCUT2D eigenvalue weighted by molar-refractivity contribution is 0.547. The molecule has 2 aliphatic carbocycles. The van der Waals surface area contributed by atoms with Crippen molar-refractivity contribution in [2.24, 2.45) is 11.8 Å². The van der Waals surface area contributed by atoms with Crippen molar-refractivity contribution in [1.82, 2.24) is 0 Å². The Morgan fingerprint density at radius 1 is 0.750 bits per heavy atom. The van der Waals surface area contributed by atoms with Crippen molar-refractivity contribution in [2.75, 3.05) is 0 Å². The SMILES string of the molecule is SSC1CCCCCCCCCCC2CC21. The normalized spacial score (nSPS) is 37.7. The minimum Gasteiger partial charge on any atom is -0.111 e. The molecule has 2 fully saturated rings. The summed E-state index contributed by atoms with van der Waals surface area (Å²) in [5.41, 5.74) is 0. The molecule has 3 unspecified atom stereocenters. The molecule has 0 aliphatic heterocycles. The Kier molecular flexibility index (Phi) is 5.92. The van der Waals surface area contributed by atoms with E-state index in [2.05, 4.69) is 11.7 Å². The van der Waals surface area contributed by atoms with Gasteiger partial charge in [-0.2, -0.15) is 0 Å². The molecule has 3 atom stereocenters. The van der Waals surface area contributed by atoms with E-state index in [1.54, 1.807) is 0 Å². The van der Waals surface area contributed by atoms with Crippen molar-refractivity contribution < 1.29 is 0 Å². The minimum atomic E-state index is 0.870. The molecule has 2 saturated carbocycles. The summed E-state index contributed by atoms with van der Waals surface area (Å²) in [6.45, 7) is 0. The second-order valence-electron chi connectivity index (χ2n) is 5.71. The van der Waals surface area contributed by atoms with Gasteiger partial charge in [0.25, 0.3) is 0 Å². The summed E-state index contributed by atoms with van der Waals surface area (Å²) in [4.78, 5) is 0. The van der Waals surface area contributed by atoms with Gasteiger partial charge in [0, 0.05) is 5.25 Å². The van der Waals surface area contributed by atoms with Crippen LogP contribution in [0, 0.1) is 11.8 Å². The van der Waals surface area contributed by atoms with E-state index >= 15 is 0 Å². The van der Waals surface area contributed by atoms with E-state index in [1.807, 2.05) is 10.8 Å². The average molecular weight is 258 g/mol. The quantitative estimate of drug-likeness (QED) is 0.480. The monoisotopic (exact) mass is 258 g/mol. The van der Waals surface area contributed by atoms with Crippen LogP contribution in [0.25, 0.3) is 0 Å². The molecule has 0 amide bonds. The van der Waals surface area contributed by atoms with Crippen LogP contribution in [0.3, 0.4) is 0 Å². The van der Waals surface area contributed by atoms with Crippen LogP contribution in [0.2, 0.25) is 0 Å². The Morgan fingerprint density at radius 3 is 1.94 bits per heavy atom. The standard InChI is InChI=1S/C14H26S2/c15-16-14-10-8-6-4-2-1-3-5-7-9-12-11-13(12)14/h12-15H,1-11H2. The summed E-state index contributed by atoms with van der Waals surface area (Å²) in [5, 5.41) is 0.870. The highest BCUT2D eigenvalue weighted by Crippen LogP contribution is 2.50. The topological polar surface area (TPSA) is 0 Å². The van der Waals surface area contributed by atoms with E-state index in [0.29, 0.717) is 0 Å². The van der Waals surface area contributed by atoms with Gasteiger partial charge in [-0.25, -0.2) is 0 Å². The molecule has 0 N–H and O–H groups in total. The van der Waals surface area contributed by atoms with Crippen LogP contribution in [-0.2, 0) is 0 Å². The summed E-state index contributed by atoms with van der Waals surface area (Å²) in [7, 11) is 1.85. The predicted octanol–water partition coefficient (Wildman–Crippen LogP) is 5.48. The molecule has 0 nitrogen and oxygen atoms in total. The molecule has 2 heteroatoms. The molecule has 2 aliphatic rings. The van der Waals surface area contributed by atoms with E-state index in [-0.39, 0.29) is 0 Å². The minimum absolute atomic E-state index is 0.870. The Balaban J connectivity index is 1.76. The first-order valence-electron chi connectivity index (χ1n) is 7.22. The van der Waals surface area contributed by atoms with Crippen LogP contribution in [0.15, 0.2) is 0 Å². The van der Waals surface area contributed by atoms with Gasteiger partial charge in [0.15, 0.2) is 0 Å². The van der Waals surface area contributed by atoms with Crippen LogP contribution in [-0.4, -0.2) is 5.25 Å². The maximum Gasteiger partial charge on any atom is 0.0180 e. The van der Waals surface area contributed by atoms with Crippen molar-refractivity contribution in [2.45, 2.75) is 75.9 Å². The Hall–Kier alpha value is 0.700. The van der Waals surface area contributed by atoms with Crippen LogP contribution in [0.5, 0.6) is 0 Å². The van der Waals surface area contributed by atoms with Gasteiger partial charge >= 0.3 is 0 Å². The first-order valence-corrected chi connectivity index (χ1v) is 9.15. The van der Waals surface area contributed by atoms with Crippen LogP contribution in [0.1, 0.15) is 70.6 Å². The lowest BCUT2D eigenvalue weighted by atomic mass is 10.1. The molecule has 0 aromatic carbocycles. The van der Waals surface area contributed by atoms with Gasteiger partial charge in [0.05, 0.1) is 0 Å². The molecule has 2 rings (SSSR count). The number of hydrogen-bond donors (Lipinski definition) is 1. The van der Waals surface area contributed by atoms with Gasteiger partial charge in [-0.15, -0.1) is 11.7 Å². The average Bonchev–Trinajstić information content (AvgIpc) is 3.05. The fourth-order valence-electron chi connectivity index (χ4n) is 3.22. The zero-order valence-electron chi connectivity index (χ0n) is 10.4. The Labute approximate surface area is 110 Å². The summed E-state index contributed by atoms with van der Waals surface area (Å²) in [5.74, 6) is 2.11. The lowest BCUT2D eigenvalue weighted by Gasteiger charge is -2.13. The molecular weight excluding hydrogens is 232 g/mol. The van der Waals surface area contributed by atoms with Crippen molar-refractivity contribution >= 4 is 22.5 Å². The van der Waals surface area contributed by atoms with Crippen molar-refractivity contribution in [3.8, 4) is 0 Å². The van der Waals surface area contributed by atoms with Gasteiger partial charge in [-0.1, -0.05) is 68.6 Å². The smallest absolute Gasteiger partial charge is 0.0180 e. The fraction of sp³-hybridized carbons (Fsp3) is 1.00. The highest BCUT2D eigenvalue weighted by Gasteiger charge is 2.41. The van der Waals surface area contributed by atoms with E-state index in [0.717, 1.165) is 17.1 Å². The number of thiol groups is 1. The van der Waals surface area contributed by atoms with E-state index < -0.39 is 0 Å². The largest absolute Gasteiger partial charge is 0.111 e. The molecule has 16 heavy (non-hydrogen) atoms. The molecule has 94 valence electrons. The van der Waals surface area contributed by atoms with Crippen molar-refractivity contribution in [1.29, 1.82) is 0 Å². The highest BCUT2D eigenvalue weighted by atomic mass is 33.1. The summed E-state index contributed by atoms with van der Waals surface area (Å²) in [6.07, 6.45) is 16.3. The van der Waals surface area contributed by atoms with Crippen LogP contribution >= 0.6 is 22.5 Å². The first kappa shape index (κ1) is 13.1. The molecule has 0 saturated heterocycles. The Morgan fingerprint density at radius 2 is 1.31 bits per heavy atom. The maximum absolute atomic E-state index is 4.48. The maximum atomic E-state index is 4.48. The van der Waals surface area contributed by atoms with Gasteiger partial charge < -0.3 is 0 Å². The van der Waals surface area contributed by atoms with Gasteiger partial charge in [-0.3, -0.25) is 0 Å². The van der Waals surface area contributed by atoms with Crippen molar-refractivity contribution in [3.05, 3.63) is 0 Å². The predicted molar refractivity (Wildman–Crippen MR) is 78.1 cm³/mol. The molecule has 0 aromatic rings. The van der Waals surface area contributed by atoms with Gasteiger partial charge in [-0.05, 0) is 24.7 Å². The van der Waals surface area contributed by atoms with Gasteiger partial charge in [0.1, 0.15) is 0 Å². The summed E-state index contributed by atoms with van der Waals surface area (Å²) in [6, 6.07) is 0. The number of hydrogen-bond acceptors (Lipinski definition) is 2. The van der Waals surface area contributed by atoms with E-state index in [9.17, 15) is 0 Å². The van der Waals surface area contributed by atoms with E-state index in [1.165, 1.54) is 70.6 Å². The second-order valence-corrected chi connectivity index (χ2v) is 7.16. The van der Waals surface area contributed by atoms with Gasteiger partial charge in [0.2, 0.25) is 0 Å². The third-order valence-corrected chi connectivity index (χ3v) is 6.07. The Bertz CT molecular complexity index is 193. The summed E-state index contributed by atoms with van der Waals surface area (Å²) >= 11 is 4.48. The molecule has 0 radical (unpaired) electrons. The summed E-state index contributed by atoms with van der Waals surface area (Å²) < 4.78 is 0.